The summed E-state index contributed by atoms with van der Waals surface area (Å²) in [7, 11) is 0. The van der Waals surface area contributed by atoms with E-state index in [1.807, 2.05) is 24.3 Å². The van der Waals surface area contributed by atoms with Gasteiger partial charge in [0.2, 0.25) is 0 Å². The first kappa shape index (κ1) is 12.6. The second kappa shape index (κ2) is 5.29. The van der Waals surface area contributed by atoms with E-state index in [1.54, 1.807) is 17.4 Å². The van der Waals surface area contributed by atoms with Crippen LogP contribution in [0.1, 0.15) is 19.4 Å². The van der Waals surface area contributed by atoms with Crippen molar-refractivity contribution in [3.63, 3.8) is 0 Å². The number of carbonyl (C=O) groups excluding carboxylic acids is 1. The summed E-state index contributed by atoms with van der Waals surface area (Å²) in [5, 5.41) is 0.862. The van der Waals surface area contributed by atoms with Gasteiger partial charge in [-0.1, -0.05) is 18.2 Å². The molecule has 1 aromatic carbocycles. The van der Waals surface area contributed by atoms with Gasteiger partial charge in [-0.25, -0.2) is 0 Å². The van der Waals surface area contributed by atoms with Crippen LogP contribution in [0.2, 0.25) is 0 Å². The highest BCUT2D eigenvalue weighted by molar-refractivity contribution is 7.20. The molecule has 0 bridgehead atoms. The maximum Gasteiger partial charge on any atom is 0.262 e. The molecule has 0 saturated carbocycles. The van der Waals surface area contributed by atoms with Crippen LogP contribution in [0.3, 0.4) is 0 Å². The minimum absolute atomic E-state index is 0.397. The van der Waals surface area contributed by atoms with Gasteiger partial charge in [0.25, 0.3) is 5.24 Å². The molecular weight excluding hydrogens is 296 g/mol. The van der Waals surface area contributed by atoms with Crippen molar-refractivity contribution < 1.29 is 4.79 Å². The first-order chi connectivity index (χ1) is 9.22. The van der Waals surface area contributed by atoms with Gasteiger partial charge in [-0.05, 0) is 53.4 Å². The number of hydrogen-bond acceptors (Lipinski definition) is 3. The number of thiophene rings is 2. The lowest BCUT2D eigenvalue weighted by Gasteiger charge is -1.84. The van der Waals surface area contributed by atoms with Crippen molar-refractivity contribution >= 4 is 61.8 Å². The standard InChI is InChI=1S/C15H9ClOS2/c16-15(17)14-8-7-11(18-14)5-6-12-9-10-3-1-2-4-13(10)19-12/h1-9H/b6-5+. The van der Waals surface area contributed by atoms with Crippen LogP contribution in [0.4, 0.5) is 0 Å². The van der Waals surface area contributed by atoms with Crippen LogP contribution >= 0.6 is 34.3 Å². The second-order valence-electron chi connectivity index (χ2n) is 4.00. The number of fused-ring (bicyclic) bond motifs is 1. The fraction of sp³-hybridized carbons (Fsp3) is 0. The molecule has 0 aliphatic carbocycles. The van der Waals surface area contributed by atoms with E-state index in [9.17, 15) is 4.79 Å². The Morgan fingerprint density at radius 3 is 2.53 bits per heavy atom. The third kappa shape index (κ3) is 2.78. The van der Waals surface area contributed by atoms with Crippen molar-refractivity contribution in [2.75, 3.05) is 0 Å². The van der Waals surface area contributed by atoms with Crippen molar-refractivity contribution in [3.05, 3.63) is 57.1 Å². The van der Waals surface area contributed by atoms with Gasteiger partial charge in [-0.2, -0.15) is 0 Å². The Bertz CT molecular complexity index is 734. The molecule has 1 nitrogen and oxygen atoms in total. The fourth-order valence-corrected chi connectivity index (χ4v) is 3.69. The van der Waals surface area contributed by atoms with E-state index in [0.717, 1.165) is 4.88 Å². The highest BCUT2D eigenvalue weighted by atomic mass is 35.5. The summed E-state index contributed by atoms with van der Waals surface area (Å²) in [5.41, 5.74) is 0. The lowest BCUT2D eigenvalue weighted by atomic mass is 10.2. The third-order valence-electron chi connectivity index (χ3n) is 2.68. The monoisotopic (exact) mass is 304 g/mol. The van der Waals surface area contributed by atoms with Crippen LogP contribution in [-0.4, -0.2) is 5.24 Å². The quantitative estimate of drug-likeness (QED) is 0.583. The van der Waals surface area contributed by atoms with Crippen LogP contribution in [0.25, 0.3) is 22.2 Å². The molecule has 2 aromatic heterocycles. The van der Waals surface area contributed by atoms with Crippen molar-refractivity contribution in [2.45, 2.75) is 0 Å². The Morgan fingerprint density at radius 2 is 1.79 bits per heavy atom. The number of hydrogen-bond donors (Lipinski definition) is 0. The van der Waals surface area contributed by atoms with Crippen molar-refractivity contribution in [1.29, 1.82) is 0 Å². The van der Waals surface area contributed by atoms with E-state index < -0.39 is 5.24 Å². The topological polar surface area (TPSA) is 17.1 Å². The zero-order valence-corrected chi connectivity index (χ0v) is 12.2. The van der Waals surface area contributed by atoms with Crippen molar-refractivity contribution in [1.82, 2.24) is 0 Å². The maximum atomic E-state index is 11.0. The molecule has 2 heterocycles. The molecule has 3 rings (SSSR count). The average Bonchev–Trinajstić information content (AvgIpc) is 3.02. The normalized spacial score (nSPS) is 11.4. The van der Waals surface area contributed by atoms with Crippen molar-refractivity contribution in [3.8, 4) is 0 Å². The summed E-state index contributed by atoms with van der Waals surface area (Å²) in [6, 6.07) is 14.1. The molecule has 0 fully saturated rings. The van der Waals surface area contributed by atoms with Gasteiger partial charge in [0.05, 0.1) is 4.88 Å². The molecule has 0 spiro atoms. The summed E-state index contributed by atoms with van der Waals surface area (Å²) in [6.45, 7) is 0. The zero-order valence-electron chi connectivity index (χ0n) is 9.80. The smallest absolute Gasteiger partial charge is 0.262 e. The van der Waals surface area contributed by atoms with E-state index in [-0.39, 0.29) is 0 Å². The number of benzene rings is 1. The first-order valence-electron chi connectivity index (χ1n) is 5.69. The molecule has 0 unspecified atom stereocenters. The van der Waals surface area contributed by atoms with Gasteiger partial charge in [0.15, 0.2) is 0 Å². The van der Waals surface area contributed by atoms with Gasteiger partial charge in [-0.3, -0.25) is 4.79 Å². The molecule has 0 amide bonds. The van der Waals surface area contributed by atoms with Crippen LogP contribution < -0.4 is 0 Å². The van der Waals surface area contributed by atoms with E-state index in [2.05, 4.69) is 24.3 Å². The Labute approximate surface area is 123 Å². The minimum Gasteiger partial charge on any atom is -0.275 e. The van der Waals surface area contributed by atoms with Gasteiger partial charge in [-0.15, -0.1) is 22.7 Å². The molecule has 0 radical (unpaired) electrons. The van der Waals surface area contributed by atoms with Gasteiger partial charge < -0.3 is 0 Å². The predicted molar refractivity (Wildman–Crippen MR) is 85.3 cm³/mol. The molecular formula is C15H9ClOS2. The number of rotatable bonds is 3. The Balaban J connectivity index is 1.86. The molecule has 0 atom stereocenters. The highest BCUT2D eigenvalue weighted by Crippen LogP contribution is 2.27. The van der Waals surface area contributed by atoms with Gasteiger partial charge >= 0.3 is 0 Å². The minimum atomic E-state index is -0.397. The summed E-state index contributed by atoms with van der Waals surface area (Å²) < 4.78 is 1.28. The zero-order chi connectivity index (χ0) is 13.2. The highest BCUT2D eigenvalue weighted by Gasteiger charge is 2.04. The average molecular weight is 305 g/mol. The lowest BCUT2D eigenvalue weighted by Crippen LogP contribution is -1.78. The molecule has 4 heteroatoms. The maximum absolute atomic E-state index is 11.0. The van der Waals surface area contributed by atoms with E-state index in [4.69, 9.17) is 11.6 Å². The Hall–Kier alpha value is -1.42. The van der Waals surface area contributed by atoms with Gasteiger partial charge in [0.1, 0.15) is 0 Å². The van der Waals surface area contributed by atoms with Crippen LogP contribution in [0.15, 0.2) is 42.5 Å². The fourth-order valence-electron chi connectivity index (χ4n) is 1.80. The third-order valence-corrected chi connectivity index (χ3v) is 5.12. The number of carbonyl (C=O) groups is 1. The molecule has 0 aliphatic rings. The predicted octanol–water partition coefficient (Wildman–Crippen LogP) is 5.51. The summed E-state index contributed by atoms with van der Waals surface area (Å²) in [5.74, 6) is 0. The molecule has 3 aromatic rings. The Morgan fingerprint density at radius 1 is 1.00 bits per heavy atom. The SMILES string of the molecule is O=C(Cl)c1ccc(/C=C/c2cc3ccccc3s2)s1. The van der Waals surface area contributed by atoms with E-state index >= 15 is 0 Å². The van der Waals surface area contributed by atoms with Crippen LogP contribution in [0.5, 0.6) is 0 Å². The van der Waals surface area contributed by atoms with Crippen LogP contribution in [0, 0.1) is 0 Å². The first-order valence-corrected chi connectivity index (χ1v) is 7.70. The summed E-state index contributed by atoms with van der Waals surface area (Å²) in [4.78, 5) is 13.8. The van der Waals surface area contributed by atoms with E-state index in [1.165, 1.54) is 26.3 Å². The summed E-state index contributed by atoms with van der Waals surface area (Å²) in [6.07, 6.45) is 4.08. The summed E-state index contributed by atoms with van der Waals surface area (Å²) >= 11 is 8.59. The number of halogens is 1. The largest absolute Gasteiger partial charge is 0.275 e. The molecule has 94 valence electrons. The molecule has 19 heavy (non-hydrogen) atoms. The van der Waals surface area contributed by atoms with Crippen LogP contribution in [-0.2, 0) is 0 Å². The lowest BCUT2D eigenvalue weighted by molar-refractivity contribution is 0.108. The second-order valence-corrected chi connectivity index (χ2v) is 6.57. The Kier molecular flexibility index (Phi) is 3.51. The molecule has 0 aliphatic heterocycles. The van der Waals surface area contributed by atoms with E-state index in [0.29, 0.717) is 4.88 Å². The molecule has 0 N–H and O–H groups in total. The van der Waals surface area contributed by atoms with Crippen molar-refractivity contribution in [2.24, 2.45) is 0 Å². The van der Waals surface area contributed by atoms with Gasteiger partial charge in [0, 0.05) is 14.5 Å². The molecule has 0 saturated heterocycles.